The predicted molar refractivity (Wildman–Crippen MR) is 83.9 cm³/mol. The summed E-state index contributed by atoms with van der Waals surface area (Å²) in [6.45, 7) is 5.14. The minimum atomic E-state index is -0.0401. The van der Waals surface area contributed by atoms with E-state index in [-0.39, 0.29) is 5.91 Å². The van der Waals surface area contributed by atoms with Gasteiger partial charge in [0, 0.05) is 37.3 Å². The van der Waals surface area contributed by atoms with Crippen LogP contribution in [0.1, 0.15) is 6.92 Å². The van der Waals surface area contributed by atoms with E-state index in [0.29, 0.717) is 17.7 Å². The van der Waals surface area contributed by atoms with E-state index in [0.717, 1.165) is 24.8 Å². The Bertz CT molecular complexity index is 573. The van der Waals surface area contributed by atoms with Crippen molar-refractivity contribution in [3.05, 3.63) is 17.1 Å². The highest BCUT2D eigenvalue weighted by molar-refractivity contribution is 7.13. The quantitative estimate of drug-likeness (QED) is 0.909. The van der Waals surface area contributed by atoms with Crippen molar-refractivity contribution in [1.29, 1.82) is 0 Å². The molecule has 0 aliphatic carbocycles. The van der Waals surface area contributed by atoms with Gasteiger partial charge in [0.05, 0.1) is 6.54 Å². The summed E-state index contributed by atoms with van der Waals surface area (Å²) in [6, 6.07) is 0.347. The molecule has 112 valence electrons. The number of piperazine rings is 1. The molecule has 3 heterocycles. The minimum Gasteiger partial charge on any atom is -0.343 e. The monoisotopic (exact) mass is 324 g/mol. The van der Waals surface area contributed by atoms with Gasteiger partial charge in [-0.05, 0) is 6.92 Å². The molecule has 2 aromatic heterocycles. The van der Waals surface area contributed by atoms with Crippen LogP contribution in [0.5, 0.6) is 0 Å². The number of hydrogen-bond acceptors (Lipinski definition) is 8. The summed E-state index contributed by atoms with van der Waals surface area (Å²) in [5, 5.41) is 13.9. The van der Waals surface area contributed by atoms with E-state index >= 15 is 0 Å². The fourth-order valence-corrected chi connectivity index (χ4v) is 3.64. The number of anilines is 2. The third-order valence-electron chi connectivity index (χ3n) is 3.35. The molecule has 2 aromatic rings. The van der Waals surface area contributed by atoms with Crippen molar-refractivity contribution in [3.63, 3.8) is 0 Å². The van der Waals surface area contributed by atoms with E-state index in [9.17, 15) is 4.79 Å². The van der Waals surface area contributed by atoms with Crippen LogP contribution in [-0.4, -0.2) is 58.2 Å². The lowest BCUT2D eigenvalue weighted by Crippen LogP contribution is -2.53. The Hall–Kier alpha value is -1.58. The van der Waals surface area contributed by atoms with Crippen LogP contribution in [0, 0.1) is 0 Å². The summed E-state index contributed by atoms with van der Waals surface area (Å²) in [5.74, 6) is -0.0401. The van der Waals surface area contributed by atoms with E-state index in [2.05, 4.69) is 37.2 Å². The lowest BCUT2D eigenvalue weighted by molar-refractivity contribution is -0.117. The molecule has 21 heavy (non-hydrogen) atoms. The van der Waals surface area contributed by atoms with Crippen LogP contribution >= 0.6 is 22.7 Å². The van der Waals surface area contributed by atoms with Gasteiger partial charge in [-0.2, -0.15) is 0 Å². The zero-order valence-electron chi connectivity index (χ0n) is 11.6. The molecule has 1 fully saturated rings. The van der Waals surface area contributed by atoms with Crippen LogP contribution in [0.25, 0.3) is 0 Å². The smallest absolute Gasteiger partial charge is 0.240 e. The number of amides is 1. The summed E-state index contributed by atoms with van der Waals surface area (Å²) in [7, 11) is 0. The molecular formula is C12H16N6OS2. The van der Waals surface area contributed by atoms with Gasteiger partial charge in [0.25, 0.3) is 0 Å². The third kappa shape index (κ3) is 3.55. The predicted octanol–water partition coefficient (Wildman–Crippen LogP) is 1.14. The molecule has 0 bridgehead atoms. The van der Waals surface area contributed by atoms with Crippen molar-refractivity contribution in [2.45, 2.75) is 13.0 Å². The minimum absolute atomic E-state index is 0.0401. The van der Waals surface area contributed by atoms with Crippen LogP contribution in [0.15, 0.2) is 17.1 Å². The second kappa shape index (κ2) is 6.46. The Morgan fingerprint density at radius 1 is 1.48 bits per heavy atom. The summed E-state index contributed by atoms with van der Waals surface area (Å²) >= 11 is 2.98. The van der Waals surface area contributed by atoms with E-state index in [4.69, 9.17) is 0 Å². The number of nitrogens with one attached hydrogen (secondary N) is 1. The molecule has 1 amide bonds. The summed E-state index contributed by atoms with van der Waals surface area (Å²) in [6.07, 6.45) is 1.83. The Balaban J connectivity index is 1.51. The van der Waals surface area contributed by atoms with Crippen molar-refractivity contribution in [3.8, 4) is 0 Å². The number of hydrogen-bond donors (Lipinski definition) is 1. The largest absolute Gasteiger partial charge is 0.343 e. The maximum atomic E-state index is 12.0. The average Bonchev–Trinajstić information content (AvgIpc) is 3.11. The summed E-state index contributed by atoms with van der Waals surface area (Å²) in [4.78, 5) is 20.8. The van der Waals surface area contributed by atoms with Gasteiger partial charge in [0.15, 0.2) is 5.13 Å². The number of nitrogens with zero attached hydrogens (tertiary/aromatic N) is 5. The van der Waals surface area contributed by atoms with E-state index in [1.165, 1.54) is 11.3 Å². The molecule has 0 saturated carbocycles. The molecule has 9 heteroatoms. The SMILES string of the molecule is C[C@@H]1CN(CC(=O)Nc2nncs2)CCN1c1nccs1. The molecule has 0 unspecified atom stereocenters. The van der Waals surface area contributed by atoms with Gasteiger partial charge in [0.2, 0.25) is 11.0 Å². The molecule has 0 radical (unpaired) electrons. The molecule has 0 spiro atoms. The molecule has 1 aliphatic heterocycles. The Morgan fingerprint density at radius 2 is 2.38 bits per heavy atom. The number of aromatic nitrogens is 3. The maximum Gasteiger partial charge on any atom is 0.240 e. The Labute approximate surface area is 130 Å². The van der Waals surface area contributed by atoms with Gasteiger partial charge in [-0.3, -0.25) is 15.0 Å². The lowest BCUT2D eigenvalue weighted by atomic mass is 10.2. The topological polar surface area (TPSA) is 74.2 Å². The molecule has 1 atom stereocenters. The van der Waals surface area contributed by atoms with Crippen molar-refractivity contribution in [2.24, 2.45) is 0 Å². The summed E-state index contributed by atoms with van der Waals surface area (Å²) in [5.41, 5.74) is 1.60. The van der Waals surface area contributed by atoms with Gasteiger partial charge in [-0.1, -0.05) is 11.3 Å². The average molecular weight is 324 g/mol. The van der Waals surface area contributed by atoms with Crippen molar-refractivity contribution in [1.82, 2.24) is 20.1 Å². The molecule has 3 rings (SSSR count). The van der Waals surface area contributed by atoms with Crippen LogP contribution in [0.3, 0.4) is 0 Å². The standard InChI is InChI=1S/C12H16N6OS2/c1-9-6-17(3-4-18(9)12-13-2-5-20-12)7-10(19)15-11-16-14-8-21-11/h2,5,8-9H,3-4,6-7H2,1H3,(H,15,16,19)/t9-/m1/s1. The highest BCUT2D eigenvalue weighted by Gasteiger charge is 2.26. The van der Waals surface area contributed by atoms with Crippen LogP contribution < -0.4 is 10.2 Å². The zero-order chi connectivity index (χ0) is 14.7. The highest BCUT2D eigenvalue weighted by Crippen LogP contribution is 2.22. The highest BCUT2D eigenvalue weighted by atomic mass is 32.1. The zero-order valence-corrected chi connectivity index (χ0v) is 13.2. The summed E-state index contributed by atoms with van der Waals surface area (Å²) < 4.78 is 0. The number of carbonyl (C=O) groups excluding carboxylic acids is 1. The lowest BCUT2D eigenvalue weighted by Gasteiger charge is -2.39. The first-order valence-corrected chi connectivity index (χ1v) is 8.43. The van der Waals surface area contributed by atoms with E-state index < -0.39 is 0 Å². The number of thiazole rings is 1. The third-order valence-corrected chi connectivity index (χ3v) is 4.77. The first kappa shape index (κ1) is 14.4. The Kier molecular flexibility index (Phi) is 4.42. The second-order valence-electron chi connectivity index (χ2n) is 4.88. The van der Waals surface area contributed by atoms with Gasteiger partial charge in [0.1, 0.15) is 5.51 Å². The Morgan fingerprint density at radius 3 is 3.05 bits per heavy atom. The van der Waals surface area contributed by atoms with Crippen molar-refractivity contribution in [2.75, 3.05) is 36.4 Å². The van der Waals surface area contributed by atoms with Gasteiger partial charge >= 0.3 is 0 Å². The fourth-order valence-electron chi connectivity index (χ4n) is 2.41. The molecule has 1 saturated heterocycles. The van der Waals surface area contributed by atoms with Crippen molar-refractivity contribution >= 4 is 38.8 Å². The van der Waals surface area contributed by atoms with Crippen LogP contribution in [-0.2, 0) is 4.79 Å². The van der Waals surface area contributed by atoms with Gasteiger partial charge in [-0.15, -0.1) is 21.5 Å². The van der Waals surface area contributed by atoms with E-state index in [1.807, 2.05) is 11.6 Å². The molecular weight excluding hydrogens is 308 g/mol. The van der Waals surface area contributed by atoms with Gasteiger partial charge < -0.3 is 4.90 Å². The molecule has 0 aromatic carbocycles. The van der Waals surface area contributed by atoms with Crippen LogP contribution in [0.4, 0.5) is 10.3 Å². The van der Waals surface area contributed by atoms with Gasteiger partial charge in [-0.25, -0.2) is 4.98 Å². The molecule has 1 aliphatic rings. The molecule has 7 nitrogen and oxygen atoms in total. The first-order valence-electron chi connectivity index (χ1n) is 6.67. The number of rotatable bonds is 4. The van der Waals surface area contributed by atoms with Crippen LogP contribution in [0.2, 0.25) is 0 Å². The number of carbonyl (C=O) groups is 1. The fraction of sp³-hybridized carbons (Fsp3) is 0.500. The molecule has 1 N–H and O–H groups in total. The van der Waals surface area contributed by atoms with E-state index in [1.54, 1.807) is 16.8 Å². The second-order valence-corrected chi connectivity index (χ2v) is 6.59. The maximum absolute atomic E-state index is 12.0. The van der Waals surface area contributed by atoms with Crippen molar-refractivity contribution < 1.29 is 4.79 Å². The first-order chi connectivity index (χ1) is 10.2. The normalized spacial score (nSPS) is 19.7.